The van der Waals surface area contributed by atoms with Gasteiger partial charge in [-0.3, -0.25) is 9.59 Å². The normalized spacial score (nSPS) is 11.7. The Morgan fingerprint density at radius 3 is 2.41 bits per heavy atom. The van der Waals surface area contributed by atoms with Crippen LogP contribution < -0.4 is 5.32 Å². The summed E-state index contributed by atoms with van der Waals surface area (Å²) in [6, 6.07) is 18.3. The molecule has 1 amide bonds. The van der Waals surface area contributed by atoms with Crippen molar-refractivity contribution in [3.8, 4) is 11.1 Å². The molecule has 4 rings (SSSR count). The first-order valence-corrected chi connectivity index (χ1v) is 11.2. The smallest absolute Gasteiger partial charge is 0.303 e. The molecule has 0 heterocycles. The molecule has 0 bridgehead atoms. The Balaban J connectivity index is 1.35. The number of carbonyl (C=O) groups is 2. The second-order valence-corrected chi connectivity index (χ2v) is 8.85. The Morgan fingerprint density at radius 2 is 1.69 bits per heavy atom. The molecule has 1 aliphatic carbocycles. The average Bonchev–Trinajstić information content (AvgIpc) is 3.11. The third kappa shape index (κ3) is 5.20. The van der Waals surface area contributed by atoms with Crippen molar-refractivity contribution in [3.63, 3.8) is 0 Å². The molecular formula is C27H26ClNO3. The minimum absolute atomic E-state index is 0.0142. The molecule has 4 nitrogen and oxygen atoms in total. The summed E-state index contributed by atoms with van der Waals surface area (Å²) < 4.78 is 0. The highest BCUT2D eigenvalue weighted by Gasteiger charge is 2.23. The number of halogens is 1. The number of carboxylic acids is 1. The van der Waals surface area contributed by atoms with Gasteiger partial charge in [0, 0.05) is 18.0 Å². The van der Waals surface area contributed by atoms with E-state index in [4.69, 9.17) is 16.7 Å². The summed E-state index contributed by atoms with van der Waals surface area (Å²) in [4.78, 5) is 23.3. The molecule has 0 atom stereocenters. The predicted octanol–water partition coefficient (Wildman–Crippen LogP) is 5.14. The first-order chi connectivity index (χ1) is 15.4. The van der Waals surface area contributed by atoms with Gasteiger partial charge in [0.2, 0.25) is 5.91 Å². The predicted molar refractivity (Wildman–Crippen MR) is 127 cm³/mol. The Labute approximate surface area is 193 Å². The second kappa shape index (κ2) is 9.58. The third-order valence-electron chi connectivity index (χ3n) is 5.97. The van der Waals surface area contributed by atoms with Crippen LogP contribution in [0.5, 0.6) is 0 Å². The van der Waals surface area contributed by atoms with Crippen LogP contribution in [0.25, 0.3) is 11.1 Å². The maximum atomic E-state index is 12.6. The van der Waals surface area contributed by atoms with Crippen molar-refractivity contribution < 1.29 is 14.7 Å². The van der Waals surface area contributed by atoms with Crippen molar-refractivity contribution in [1.82, 2.24) is 5.32 Å². The van der Waals surface area contributed by atoms with E-state index in [9.17, 15) is 9.59 Å². The summed E-state index contributed by atoms with van der Waals surface area (Å²) in [5.74, 6) is -0.805. The summed E-state index contributed by atoms with van der Waals surface area (Å²) in [6.45, 7) is 2.64. The Hall–Kier alpha value is -3.11. The molecule has 0 aromatic heterocycles. The Morgan fingerprint density at radius 1 is 0.969 bits per heavy atom. The molecule has 5 heteroatoms. The van der Waals surface area contributed by atoms with Crippen LogP contribution in [0, 0.1) is 6.92 Å². The highest BCUT2D eigenvalue weighted by atomic mass is 35.5. The fourth-order valence-corrected chi connectivity index (χ4v) is 4.53. The fourth-order valence-electron chi connectivity index (χ4n) is 4.29. The number of aliphatic carboxylic acids is 1. The molecule has 3 aromatic carbocycles. The molecule has 0 aliphatic heterocycles. The molecule has 164 valence electrons. The van der Waals surface area contributed by atoms with Crippen molar-refractivity contribution >= 4 is 23.5 Å². The van der Waals surface area contributed by atoms with Gasteiger partial charge < -0.3 is 10.4 Å². The summed E-state index contributed by atoms with van der Waals surface area (Å²) in [7, 11) is 0. The summed E-state index contributed by atoms with van der Waals surface area (Å²) >= 11 is 6.39. The van der Waals surface area contributed by atoms with Crippen molar-refractivity contribution in [1.29, 1.82) is 0 Å². The van der Waals surface area contributed by atoms with Crippen LogP contribution in [0.4, 0.5) is 0 Å². The lowest BCUT2D eigenvalue weighted by Crippen LogP contribution is -2.27. The van der Waals surface area contributed by atoms with Crippen LogP contribution in [0.1, 0.15) is 39.8 Å². The van der Waals surface area contributed by atoms with Gasteiger partial charge in [-0.1, -0.05) is 59.6 Å². The van der Waals surface area contributed by atoms with Crippen LogP contribution in [0.3, 0.4) is 0 Å². The largest absolute Gasteiger partial charge is 0.481 e. The summed E-state index contributed by atoms with van der Waals surface area (Å²) in [5.41, 5.74) is 9.15. The molecule has 32 heavy (non-hydrogen) atoms. The monoisotopic (exact) mass is 447 g/mol. The SMILES string of the molecule is Cc1ccc2c(c1)-c1cc(Cl)cc(CC(=O)NCCc3ccc(CCC(=O)O)cc3)c1C2. The van der Waals surface area contributed by atoms with Gasteiger partial charge in [0.05, 0.1) is 6.42 Å². The van der Waals surface area contributed by atoms with Crippen LogP contribution in [0.2, 0.25) is 5.02 Å². The molecule has 0 saturated heterocycles. The van der Waals surface area contributed by atoms with Gasteiger partial charge in [-0.05, 0) is 77.3 Å². The molecule has 0 radical (unpaired) electrons. The van der Waals surface area contributed by atoms with E-state index in [1.165, 1.54) is 22.3 Å². The second-order valence-electron chi connectivity index (χ2n) is 8.42. The van der Waals surface area contributed by atoms with Gasteiger partial charge in [0.1, 0.15) is 0 Å². The van der Waals surface area contributed by atoms with E-state index in [-0.39, 0.29) is 12.3 Å². The first kappa shape index (κ1) is 22.1. The number of carbonyl (C=O) groups excluding carboxylic acids is 1. The zero-order valence-corrected chi connectivity index (χ0v) is 18.8. The average molecular weight is 448 g/mol. The molecule has 0 saturated carbocycles. The van der Waals surface area contributed by atoms with Crippen molar-refractivity contribution in [2.45, 2.75) is 39.0 Å². The number of carboxylic acid groups (broad SMARTS) is 1. The standard InChI is InChI=1S/C27H26ClNO3/c1-17-2-8-20-14-24-21(13-22(28)16-25(24)23(20)12-17)15-26(30)29-11-10-19-5-3-18(4-6-19)7-9-27(31)32/h2-6,8,12-13,16H,7,9-11,14-15H2,1H3,(H,29,30)(H,31,32). The molecule has 0 fully saturated rings. The van der Waals surface area contributed by atoms with E-state index in [0.717, 1.165) is 35.1 Å². The van der Waals surface area contributed by atoms with Gasteiger partial charge >= 0.3 is 5.97 Å². The number of aryl methyl sites for hydroxylation is 2. The molecule has 2 N–H and O–H groups in total. The quantitative estimate of drug-likeness (QED) is 0.393. The van der Waals surface area contributed by atoms with Crippen molar-refractivity contribution in [2.75, 3.05) is 6.54 Å². The van der Waals surface area contributed by atoms with Gasteiger partial charge in [-0.15, -0.1) is 0 Å². The lowest BCUT2D eigenvalue weighted by Gasteiger charge is -2.11. The van der Waals surface area contributed by atoms with Crippen LogP contribution in [0.15, 0.2) is 54.6 Å². The summed E-state index contributed by atoms with van der Waals surface area (Å²) in [5, 5.41) is 12.5. The molecule has 1 aliphatic rings. The topological polar surface area (TPSA) is 66.4 Å². The van der Waals surface area contributed by atoms with Gasteiger partial charge in [0.15, 0.2) is 0 Å². The number of fused-ring (bicyclic) bond motifs is 3. The van der Waals surface area contributed by atoms with Gasteiger partial charge in [-0.2, -0.15) is 0 Å². The molecular weight excluding hydrogens is 422 g/mol. The highest BCUT2D eigenvalue weighted by molar-refractivity contribution is 6.31. The molecule has 0 unspecified atom stereocenters. The van der Waals surface area contributed by atoms with Crippen molar-refractivity contribution in [2.24, 2.45) is 0 Å². The van der Waals surface area contributed by atoms with Crippen LogP contribution in [-0.4, -0.2) is 23.5 Å². The van der Waals surface area contributed by atoms with Crippen LogP contribution >= 0.6 is 11.6 Å². The number of nitrogens with one attached hydrogen (secondary N) is 1. The number of rotatable bonds is 8. The molecule has 0 spiro atoms. The van der Waals surface area contributed by atoms with Crippen LogP contribution in [-0.2, 0) is 35.3 Å². The lowest BCUT2D eigenvalue weighted by atomic mass is 9.98. The van der Waals surface area contributed by atoms with Gasteiger partial charge in [0.25, 0.3) is 0 Å². The fraction of sp³-hybridized carbons (Fsp3) is 0.259. The minimum atomic E-state index is -0.791. The zero-order chi connectivity index (χ0) is 22.7. The van der Waals surface area contributed by atoms with Gasteiger partial charge in [-0.25, -0.2) is 0 Å². The summed E-state index contributed by atoms with van der Waals surface area (Å²) in [6.07, 6.45) is 2.53. The highest BCUT2D eigenvalue weighted by Crippen LogP contribution is 2.40. The zero-order valence-electron chi connectivity index (χ0n) is 18.1. The number of amides is 1. The Bertz CT molecular complexity index is 1170. The maximum Gasteiger partial charge on any atom is 0.303 e. The van der Waals surface area contributed by atoms with Crippen molar-refractivity contribution in [3.05, 3.63) is 93.0 Å². The number of hydrogen-bond acceptors (Lipinski definition) is 2. The van der Waals surface area contributed by atoms with E-state index in [0.29, 0.717) is 24.4 Å². The molecule has 3 aromatic rings. The maximum absolute atomic E-state index is 12.6. The minimum Gasteiger partial charge on any atom is -0.481 e. The van der Waals surface area contributed by atoms with E-state index < -0.39 is 5.97 Å². The van der Waals surface area contributed by atoms with E-state index in [1.54, 1.807) is 0 Å². The van der Waals surface area contributed by atoms with E-state index in [2.05, 4.69) is 30.4 Å². The van der Waals surface area contributed by atoms with E-state index in [1.807, 2.05) is 36.4 Å². The number of hydrogen-bond donors (Lipinski definition) is 2. The third-order valence-corrected chi connectivity index (χ3v) is 6.19. The first-order valence-electron chi connectivity index (χ1n) is 10.9. The van der Waals surface area contributed by atoms with E-state index >= 15 is 0 Å². The Kier molecular flexibility index (Phi) is 6.61. The number of benzene rings is 3. The lowest BCUT2D eigenvalue weighted by molar-refractivity contribution is -0.137.